The largest absolute Gasteiger partial charge is 0.315 e. The van der Waals surface area contributed by atoms with Gasteiger partial charge in [-0.25, -0.2) is 0 Å². The van der Waals surface area contributed by atoms with Crippen molar-refractivity contribution in [2.24, 2.45) is 0 Å². The van der Waals surface area contributed by atoms with E-state index in [9.17, 15) is 0 Å². The first-order valence-electron chi connectivity index (χ1n) is 8.18. The van der Waals surface area contributed by atoms with Gasteiger partial charge in [-0.1, -0.05) is 35.9 Å². The van der Waals surface area contributed by atoms with E-state index in [1.54, 1.807) is 0 Å². The Morgan fingerprint density at radius 3 is 2.64 bits per heavy atom. The number of benzene rings is 1. The Bertz CT molecular complexity index is 598. The molecule has 1 atom stereocenters. The first-order chi connectivity index (χ1) is 10.8. The van der Waals surface area contributed by atoms with Crippen LogP contribution in [-0.2, 0) is 0 Å². The minimum absolute atomic E-state index is 0.252. The van der Waals surface area contributed by atoms with E-state index in [0.29, 0.717) is 0 Å². The monoisotopic (exact) mass is 295 g/mol. The SMILES string of the molecule is Cc1ccc(C(c2ncccc2C)N2CCCNCC2)cc1. The molecule has 0 amide bonds. The molecule has 0 radical (unpaired) electrons. The molecule has 2 heterocycles. The number of aromatic nitrogens is 1. The molecule has 0 aliphatic carbocycles. The van der Waals surface area contributed by atoms with Crippen LogP contribution in [-0.4, -0.2) is 36.1 Å². The van der Waals surface area contributed by atoms with E-state index >= 15 is 0 Å². The summed E-state index contributed by atoms with van der Waals surface area (Å²) in [6.07, 6.45) is 3.10. The summed E-state index contributed by atoms with van der Waals surface area (Å²) in [4.78, 5) is 7.29. The van der Waals surface area contributed by atoms with Gasteiger partial charge in [0.2, 0.25) is 0 Å². The van der Waals surface area contributed by atoms with E-state index in [4.69, 9.17) is 4.98 Å². The van der Waals surface area contributed by atoms with Crippen molar-refractivity contribution in [1.82, 2.24) is 15.2 Å². The summed E-state index contributed by atoms with van der Waals surface area (Å²) in [6.45, 7) is 8.64. The minimum Gasteiger partial charge on any atom is -0.315 e. The van der Waals surface area contributed by atoms with Crippen molar-refractivity contribution in [3.05, 3.63) is 65.0 Å². The normalized spacial score (nSPS) is 17.9. The third-order valence-corrected chi connectivity index (χ3v) is 4.44. The lowest BCUT2D eigenvalue weighted by atomic mass is 9.97. The molecule has 2 aromatic rings. The van der Waals surface area contributed by atoms with Crippen LogP contribution in [0.25, 0.3) is 0 Å². The number of hydrogen-bond donors (Lipinski definition) is 1. The summed E-state index contributed by atoms with van der Waals surface area (Å²) in [6, 6.07) is 13.4. The van der Waals surface area contributed by atoms with Crippen LogP contribution in [0.3, 0.4) is 0 Å². The van der Waals surface area contributed by atoms with Crippen molar-refractivity contribution >= 4 is 0 Å². The van der Waals surface area contributed by atoms with E-state index in [1.807, 2.05) is 12.3 Å². The van der Waals surface area contributed by atoms with Crippen LogP contribution >= 0.6 is 0 Å². The summed E-state index contributed by atoms with van der Waals surface area (Å²) in [5.74, 6) is 0. The lowest BCUT2D eigenvalue weighted by Crippen LogP contribution is -2.33. The summed E-state index contributed by atoms with van der Waals surface area (Å²) in [5.41, 5.74) is 5.10. The maximum atomic E-state index is 4.72. The van der Waals surface area contributed by atoms with Crippen molar-refractivity contribution in [3.63, 3.8) is 0 Å². The molecule has 3 nitrogen and oxygen atoms in total. The number of hydrogen-bond acceptors (Lipinski definition) is 3. The molecule has 1 saturated heterocycles. The molecule has 1 fully saturated rings. The second-order valence-electron chi connectivity index (χ2n) is 6.16. The van der Waals surface area contributed by atoms with Gasteiger partial charge in [-0.2, -0.15) is 0 Å². The van der Waals surface area contributed by atoms with Crippen molar-refractivity contribution in [2.45, 2.75) is 26.3 Å². The molecule has 0 spiro atoms. The van der Waals surface area contributed by atoms with E-state index in [1.165, 1.54) is 28.8 Å². The van der Waals surface area contributed by atoms with Crippen LogP contribution in [0.5, 0.6) is 0 Å². The van der Waals surface area contributed by atoms with Crippen LogP contribution in [0.4, 0.5) is 0 Å². The second-order valence-corrected chi connectivity index (χ2v) is 6.16. The molecule has 1 N–H and O–H groups in total. The van der Waals surface area contributed by atoms with Crippen molar-refractivity contribution in [3.8, 4) is 0 Å². The predicted octanol–water partition coefficient (Wildman–Crippen LogP) is 3.08. The Balaban J connectivity index is 2.01. The topological polar surface area (TPSA) is 28.2 Å². The lowest BCUT2D eigenvalue weighted by Gasteiger charge is -2.31. The van der Waals surface area contributed by atoms with E-state index in [-0.39, 0.29) is 6.04 Å². The highest BCUT2D eigenvalue weighted by molar-refractivity contribution is 5.33. The molecule has 1 aromatic heterocycles. The molecular formula is C19H25N3. The molecule has 0 bridgehead atoms. The molecule has 3 heteroatoms. The molecule has 1 unspecified atom stereocenters. The van der Waals surface area contributed by atoms with Crippen LogP contribution in [0.1, 0.15) is 34.8 Å². The first kappa shape index (κ1) is 15.2. The maximum absolute atomic E-state index is 4.72. The molecule has 1 aliphatic heterocycles. The highest BCUT2D eigenvalue weighted by atomic mass is 15.2. The smallest absolute Gasteiger partial charge is 0.0779 e. The van der Waals surface area contributed by atoms with Crippen LogP contribution in [0.2, 0.25) is 0 Å². The molecule has 3 rings (SSSR count). The van der Waals surface area contributed by atoms with Crippen LogP contribution in [0.15, 0.2) is 42.6 Å². The lowest BCUT2D eigenvalue weighted by molar-refractivity contribution is 0.236. The van der Waals surface area contributed by atoms with Gasteiger partial charge in [-0.05, 0) is 44.0 Å². The van der Waals surface area contributed by atoms with Gasteiger partial charge >= 0.3 is 0 Å². The molecule has 116 valence electrons. The molecular weight excluding hydrogens is 270 g/mol. The van der Waals surface area contributed by atoms with E-state index < -0.39 is 0 Å². The quantitative estimate of drug-likeness (QED) is 0.943. The van der Waals surface area contributed by atoms with Gasteiger partial charge in [0.15, 0.2) is 0 Å². The fourth-order valence-corrected chi connectivity index (χ4v) is 3.20. The summed E-state index contributed by atoms with van der Waals surface area (Å²) < 4.78 is 0. The van der Waals surface area contributed by atoms with Gasteiger partial charge < -0.3 is 5.32 Å². The summed E-state index contributed by atoms with van der Waals surface area (Å²) in [5, 5.41) is 3.50. The first-order valence-corrected chi connectivity index (χ1v) is 8.18. The van der Waals surface area contributed by atoms with Gasteiger partial charge in [0.25, 0.3) is 0 Å². The zero-order chi connectivity index (χ0) is 15.4. The standard InChI is InChI=1S/C19H25N3/c1-15-6-8-17(9-7-15)19(18-16(2)5-3-11-21-18)22-13-4-10-20-12-14-22/h3,5-9,11,19-20H,4,10,12-14H2,1-2H3. The summed E-state index contributed by atoms with van der Waals surface area (Å²) in [7, 11) is 0. The average molecular weight is 295 g/mol. The van der Waals surface area contributed by atoms with Gasteiger partial charge in [-0.3, -0.25) is 9.88 Å². The highest BCUT2D eigenvalue weighted by Gasteiger charge is 2.25. The zero-order valence-corrected chi connectivity index (χ0v) is 13.5. The molecule has 0 saturated carbocycles. The van der Waals surface area contributed by atoms with Gasteiger partial charge in [0.1, 0.15) is 0 Å². The number of nitrogens with one attached hydrogen (secondary N) is 1. The fourth-order valence-electron chi connectivity index (χ4n) is 3.20. The van der Waals surface area contributed by atoms with Crippen LogP contribution in [0, 0.1) is 13.8 Å². The van der Waals surface area contributed by atoms with Gasteiger partial charge in [-0.15, -0.1) is 0 Å². The predicted molar refractivity (Wildman–Crippen MR) is 91.1 cm³/mol. The second kappa shape index (κ2) is 7.03. The van der Waals surface area contributed by atoms with Gasteiger partial charge in [0.05, 0.1) is 11.7 Å². The fraction of sp³-hybridized carbons (Fsp3) is 0.421. The third-order valence-electron chi connectivity index (χ3n) is 4.44. The van der Waals surface area contributed by atoms with E-state index in [0.717, 1.165) is 26.2 Å². The third kappa shape index (κ3) is 3.37. The molecule has 1 aromatic carbocycles. The molecule has 1 aliphatic rings. The van der Waals surface area contributed by atoms with E-state index in [2.05, 4.69) is 54.4 Å². The van der Waals surface area contributed by atoms with Crippen LogP contribution < -0.4 is 5.32 Å². The summed E-state index contributed by atoms with van der Waals surface area (Å²) >= 11 is 0. The highest BCUT2D eigenvalue weighted by Crippen LogP contribution is 2.29. The number of rotatable bonds is 3. The maximum Gasteiger partial charge on any atom is 0.0779 e. The van der Waals surface area contributed by atoms with Crippen molar-refractivity contribution in [1.29, 1.82) is 0 Å². The Labute approximate surface area is 133 Å². The Morgan fingerprint density at radius 1 is 1.05 bits per heavy atom. The zero-order valence-electron chi connectivity index (χ0n) is 13.5. The number of aryl methyl sites for hydroxylation is 2. The van der Waals surface area contributed by atoms with Gasteiger partial charge in [0, 0.05) is 25.8 Å². The van der Waals surface area contributed by atoms with Crippen molar-refractivity contribution < 1.29 is 0 Å². The van der Waals surface area contributed by atoms with Crippen molar-refractivity contribution in [2.75, 3.05) is 26.2 Å². The number of pyridine rings is 1. The molecule has 22 heavy (non-hydrogen) atoms. The Hall–Kier alpha value is -1.71. The average Bonchev–Trinajstić information content (AvgIpc) is 2.80. The Morgan fingerprint density at radius 2 is 1.86 bits per heavy atom. The number of nitrogens with zero attached hydrogens (tertiary/aromatic N) is 2. The minimum atomic E-state index is 0.252. The Kier molecular flexibility index (Phi) is 4.86.